The van der Waals surface area contributed by atoms with Crippen molar-refractivity contribution < 1.29 is 13.7 Å². The molecule has 1 heterocycles. The van der Waals surface area contributed by atoms with Crippen molar-refractivity contribution in [1.82, 2.24) is 0 Å². The van der Waals surface area contributed by atoms with E-state index in [1.807, 2.05) is 42.5 Å². The van der Waals surface area contributed by atoms with Gasteiger partial charge in [0, 0.05) is 13.5 Å². The highest BCUT2D eigenvalue weighted by Crippen LogP contribution is 2.42. The molecule has 5 heteroatoms. The highest BCUT2D eigenvalue weighted by molar-refractivity contribution is 7.85. The Hall–Kier alpha value is -2.14. The maximum absolute atomic E-state index is 13.1. The summed E-state index contributed by atoms with van der Waals surface area (Å²) in [5, 5.41) is 0. The fourth-order valence-electron chi connectivity index (χ4n) is 2.92. The second kappa shape index (κ2) is 7.40. The second-order valence-corrected chi connectivity index (χ2v) is 8.07. The fraction of sp³-hybridized carbons (Fsp3) is 0.350. The van der Waals surface area contributed by atoms with Crippen LogP contribution in [0.25, 0.3) is 0 Å². The van der Waals surface area contributed by atoms with Crippen LogP contribution in [0, 0.1) is 5.92 Å². The van der Waals surface area contributed by atoms with Gasteiger partial charge < -0.3 is 9.64 Å². The molecule has 25 heavy (non-hydrogen) atoms. The summed E-state index contributed by atoms with van der Waals surface area (Å²) in [6.45, 7) is 6.88. The quantitative estimate of drug-likeness (QED) is 0.744. The van der Waals surface area contributed by atoms with Gasteiger partial charge in [0.15, 0.2) is 0 Å². The molecule has 0 aliphatic carbocycles. The van der Waals surface area contributed by atoms with Gasteiger partial charge in [-0.2, -0.15) is 0 Å². The summed E-state index contributed by atoms with van der Waals surface area (Å²) in [5.41, 5.74) is 2.84. The molecule has 1 atom stereocenters. The summed E-state index contributed by atoms with van der Waals surface area (Å²) in [6, 6.07) is 13.7. The van der Waals surface area contributed by atoms with Gasteiger partial charge in [-0.25, -0.2) is 4.21 Å². The average Bonchev–Trinajstić information content (AvgIpc) is 2.59. The Bertz CT molecular complexity index is 816. The number of fused-ring (bicyclic) bond motifs is 2. The van der Waals surface area contributed by atoms with Crippen molar-refractivity contribution in [1.29, 1.82) is 0 Å². The van der Waals surface area contributed by atoms with Crippen LogP contribution in [-0.2, 0) is 26.9 Å². The topological polar surface area (TPSA) is 46.6 Å². The van der Waals surface area contributed by atoms with E-state index in [9.17, 15) is 9.00 Å². The largest absolute Gasteiger partial charge is 0.461 e. The fourth-order valence-corrected chi connectivity index (χ4v) is 4.35. The van der Waals surface area contributed by atoms with E-state index in [0.29, 0.717) is 5.92 Å². The molecule has 0 radical (unpaired) electrons. The number of ether oxygens (including phenoxy) is 1. The molecule has 0 saturated carbocycles. The first kappa shape index (κ1) is 17.7. The highest BCUT2D eigenvalue weighted by atomic mass is 32.2. The number of carbonyl (C=O) groups is 1. The standard InChI is InChI=1S/C20H23NO3S/c1-14(2)10-11-21-17-6-4-5-7-19(17)25(23)20-12-16(8-9-18(20)21)13-24-15(3)22/h4-9,12,14H,10-11,13H2,1-3H3. The Kier molecular flexibility index (Phi) is 5.23. The van der Waals surface area contributed by atoms with E-state index in [2.05, 4.69) is 18.7 Å². The zero-order valence-electron chi connectivity index (χ0n) is 14.8. The number of nitrogens with zero attached hydrogens (tertiary/aromatic N) is 1. The van der Waals surface area contributed by atoms with Gasteiger partial charge in [0.05, 0.1) is 32.0 Å². The number of hydrogen-bond donors (Lipinski definition) is 0. The third-order valence-corrected chi connectivity index (χ3v) is 5.71. The zero-order chi connectivity index (χ0) is 18.0. The van der Waals surface area contributed by atoms with Crippen molar-refractivity contribution in [3.8, 4) is 0 Å². The molecule has 2 aromatic rings. The molecule has 3 rings (SSSR count). The molecule has 1 aliphatic rings. The predicted octanol–water partition coefficient (Wildman–Crippen LogP) is 4.41. The van der Waals surface area contributed by atoms with E-state index < -0.39 is 10.8 Å². The minimum absolute atomic E-state index is 0.202. The Morgan fingerprint density at radius 1 is 1.12 bits per heavy atom. The van der Waals surface area contributed by atoms with Crippen LogP contribution in [-0.4, -0.2) is 16.7 Å². The van der Waals surface area contributed by atoms with E-state index >= 15 is 0 Å². The molecule has 0 saturated heterocycles. The van der Waals surface area contributed by atoms with Crippen molar-refractivity contribution in [2.75, 3.05) is 11.4 Å². The van der Waals surface area contributed by atoms with Crippen molar-refractivity contribution >= 4 is 28.1 Å². The second-order valence-electron chi connectivity index (χ2n) is 6.65. The molecule has 132 valence electrons. The lowest BCUT2D eigenvalue weighted by molar-refractivity contribution is -0.142. The first-order chi connectivity index (χ1) is 12.0. The third kappa shape index (κ3) is 3.76. The van der Waals surface area contributed by atoms with Gasteiger partial charge in [-0.3, -0.25) is 4.79 Å². The predicted molar refractivity (Wildman–Crippen MR) is 99.5 cm³/mol. The van der Waals surface area contributed by atoms with Crippen LogP contribution in [0.2, 0.25) is 0 Å². The first-order valence-corrected chi connectivity index (χ1v) is 9.67. The molecule has 0 N–H and O–H groups in total. The van der Waals surface area contributed by atoms with Gasteiger partial charge in [-0.15, -0.1) is 0 Å². The minimum atomic E-state index is -1.23. The number of carbonyl (C=O) groups excluding carboxylic acids is 1. The molecule has 0 bridgehead atoms. The molecular formula is C20H23NO3S. The number of anilines is 2. The molecular weight excluding hydrogens is 334 g/mol. The average molecular weight is 357 g/mol. The Balaban J connectivity index is 2.00. The van der Waals surface area contributed by atoms with E-state index in [1.54, 1.807) is 0 Å². The summed E-state index contributed by atoms with van der Waals surface area (Å²) in [6.07, 6.45) is 1.05. The molecule has 1 aliphatic heterocycles. The number of esters is 1. The molecule has 0 amide bonds. The van der Waals surface area contributed by atoms with Crippen molar-refractivity contribution in [2.24, 2.45) is 5.92 Å². The number of rotatable bonds is 5. The number of benzene rings is 2. The molecule has 0 spiro atoms. The van der Waals surface area contributed by atoms with Gasteiger partial charge >= 0.3 is 5.97 Å². The van der Waals surface area contributed by atoms with Crippen LogP contribution in [0.4, 0.5) is 11.4 Å². The number of hydrogen-bond acceptors (Lipinski definition) is 4. The van der Waals surface area contributed by atoms with E-state index in [1.165, 1.54) is 6.92 Å². The van der Waals surface area contributed by atoms with Gasteiger partial charge in [0.25, 0.3) is 0 Å². The minimum Gasteiger partial charge on any atom is -0.461 e. The van der Waals surface area contributed by atoms with Crippen LogP contribution >= 0.6 is 0 Å². The summed E-state index contributed by atoms with van der Waals surface area (Å²) in [4.78, 5) is 14.9. The normalized spacial score (nSPS) is 15.7. The molecule has 2 aromatic carbocycles. The van der Waals surface area contributed by atoms with Gasteiger partial charge in [-0.1, -0.05) is 32.0 Å². The lowest BCUT2D eigenvalue weighted by Crippen LogP contribution is -2.26. The smallest absolute Gasteiger partial charge is 0.302 e. The molecule has 4 nitrogen and oxygen atoms in total. The van der Waals surface area contributed by atoms with Crippen LogP contribution in [0.5, 0.6) is 0 Å². The highest BCUT2D eigenvalue weighted by Gasteiger charge is 2.28. The zero-order valence-corrected chi connectivity index (χ0v) is 15.6. The summed E-state index contributed by atoms with van der Waals surface area (Å²) in [5.74, 6) is 0.272. The molecule has 1 unspecified atom stereocenters. The van der Waals surface area contributed by atoms with E-state index in [-0.39, 0.29) is 12.6 Å². The van der Waals surface area contributed by atoms with Crippen LogP contribution in [0.1, 0.15) is 32.8 Å². The van der Waals surface area contributed by atoms with Gasteiger partial charge in [0.1, 0.15) is 6.61 Å². The Morgan fingerprint density at radius 2 is 1.84 bits per heavy atom. The maximum Gasteiger partial charge on any atom is 0.302 e. The van der Waals surface area contributed by atoms with Crippen molar-refractivity contribution in [2.45, 2.75) is 43.6 Å². The monoisotopic (exact) mass is 357 g/mol. The Morgan fingerprint density at radius 3 is 2.56 bits per heavy atom. The number of para-hydroxylation sites is 1. The summed E-state index contributed by atoms with van der Waals surface area (Å²) < 4.78 is 18.1. The maximum atomic E-state index is 13.1. The lowest BCUT2D eigenvalue weighted by atomic mass is 10.1. The van der Waals surface area contributed by atoms with E-state index in [4.69, 9.17) is 4.74 Å². The van der Waals surface area contributed by atoms with E-state index in [0.717, 1.165) is 39.7 Å². The van der Waals surface area contributed by atoms with Crippen LogP contribution in [0.3, 0.4) is 0 Å². The third-order valence-electron chi connectivity index (χ3n) is 4.24. The van der Waals surface area contributed by atoms with Crippen LogP contribution in [0.15, 0.2) is 52.3 Å². The summed E-state index contributed by atoms with van der Waals surface area (Å²) in [7, 11) is -1.23. The van der Waals surface area contributed by atoms with Crippen molar-refractivity contribution in [3.05, 3.63) is 48.0 Å². The SMILES string of the molecule is CC(=O)OCc1ccc2c(c1)S(=O)c1ccccc1N2CCC(C)C. The first-order valence-electron chi connectivity index (χ1n) is 8.52. The molecule has 0 fully saturated rings. The van der Waals surface area contributed by atoms with Crippen molar-refractivity contribution in [3.63, 3.8) is 0 Å². The van der Waals surface area contributed by atoms with Crippen LogP contribution < -0.4 is 4.90 Å². The summed E-state index contributed by atoms with van der Waals surface area (Å²) >= 11 is 0. The molecule has 0 aromatic heterocycles. The van der Waals surface area contributed by atoms with Gasteiger partial charge in [0.2, 0.25) is 0 Å². The Labute approximate surface area is 151 Å². The lowest BCUT2D eigenvalue weighted by Gasteiger charge is -2.33. The van der Waals surface area contributed by atoms with Gasteiger partial charge in [-0.05, 0) is 42.2 Å².